The number of ketones is 1. The van der Waals surface area contributed by atoms with Crippen LogP contribution in [0.25, 0.3) is 0 Å². The largest absolute Gasteiger partial charge is 0.496 e. The van der Waals surface area contributed by atoms with E-state index in [4.69, 9.17) is 4.74 Å². The van der Waals surface area contributed by atoms with E-state index in [2.05, 4.69) is 5.32 Å². The maximum absolute atomic E-state index is 12.5. The van der Waals surface area contributed by atoms with Crippen LogP contribution < -0.4 is 10.1 Å². The number of ether oxygens (including phenoxy) is 1. The first kappa shape index (κ1) is 14.7. The molecule has 0 aliphatic heterocycles. The molecule has 0 saturated carbocycles. The lowest BCUT2D eigenvalue weighted by molar-refractivity contribution is 0.0921. The second-order valence-electron chi connectivity index (χ2n) is 5.01. The SMILES string of the molecule is CNC(C(=O)c1cc(C)c(OC)cc1C)C(C)C. The van der Waals surface area contributed by atoms with E-state index in [-0.39, 0.29) is 17.7 Å². The predicted molar refractivity (Wildman–Crippen MR) is 74.5 cm³/mol. The van der Waals surface area contributed by atoms with Gasteiger partial charge >= 0.3 is 0 Å². The summed E-state index contributed by atoms with van der Waals surface area (Å²) in [5.41, 5.74) is 2.73. The van der Waals surface area contributed by atoms with E-state index in [1.54, 1.807) is 7.11 Å². The maximum Gasteiger partial charge on any atom is 0.180 e. The Labute approximate surface area is 110 Å². The molecule has 0 aromatic heterocycles. The Kier molecular flexibility index (Phi) is 4.91. The molecule has 1 rings (SSSR count). The van der Waals surface area contributed by atoms with Crippen LogP contribution >= 0.6 is 0 Å². The first-order valence-electron chi connectivity index (χ1n) is 6.29. The highest BCUT2D eigenvalue weighted by atomic mass is 16.5. The Morgan fingerprint density at radius 2 is 1.83 bits per heavy atom. The van der Waals surface area contributed by atoms with Gasteiger partial charge in [-0.05, 0) is 50.1 Å². The molecule has 0 heterocycles. The van der Waals surface area contributed by atoms with E-state index in [1.165, 1.54) is 0 Å². The summed E-state index contributed by atoms with van der Waals surface area (Å²) in [6.45, 7) is 8.00. The minimum absolute atomic E-state index is 0.142. The van der Waals surface area contributed by atoms with Gasteiger partial charge in [-0.25, -0.2) is 0 Å². The third-order valence-electron chi connectivity index (χ3n) is 3.27. The summed E-state index contributed by atoms with van der Waals surface area (Å²) in [4.78, 5) is 12.5. The van der Waals surface area contributed by atoms with Gasteiger partial charge in [-0.3, -0.25) is 4.79 Å². The fourth-order valence-electron chi connectivity index (χ4n) is 2.21. The van der Waals surface area contributed by atoms with Crippen molar-refractivity contribution >= 4 is 5.78 Å². The van der Waals surface area contributed by atoms with Crippen molar-refractivity contribution in [1.82, 2.24) is 5.32 Å². The van der Waals surface area contributed by atoms with Crippen LogP contribution in [0.1, 0.15) is 35.3 Å². The molecule has 3 nitrogen and oxygen atoms in total. The van der Waals surface area contributed by atoms with Crippen molar-refractivity contribution in [2.45, 2.75) is 33.7 Å². The molecule has 100 valence electrons. The number of methoxy groups -OCH3 is 1. The Morgan fingerprint density at radius 1 is 1.22 bits per heavy atom. The van der Waals surface area contributed by atoms with Crippen molar-refractivity contribution in [2.75, 3.05) is 14.2 Å². The van der Waals surface area contributed by atoms with E-state index in [0.717, 1.165) is 22.4 Å². The molecule has 0 radical (unpaired) electrons. The van der Waals surface area contributed by atoms with Gasteiger partial charge in [-0.15, -0.1) is 0 Å². The molecule has 3 heteroatoms. The molecule has 1 aromatic rings. The molecular formula is C15H23NO2. The molecule has 1 aromatic carbocycles. The molecule has 1 N–H and O–H groups in total. The van der Waals surface area contributed by atoms with Crippen molar-refractivity contribution < 1.29 is 9.53 Å². The van der Waals surface area contributed by atoms with Crippen LogP contribution in [0.15, 0.2) is 12.1 Å². The number of carbonyl (C=O) groups is 1. The number of rotatable bonds is 5. The Balaban J connectivity index is 3.17. The summed E-state index contributed by atoms with van der Waals surface area (Å²) >= 11 is 0. The Hall–Kier alpha value is -1.35. The summed E-state index contributed by atoms with van der Waals surface area (Å²) in [7, 11) is 3.47. The van der Waals surface area contributed by atoms with Crippen LogP contribution in [0.3, 0.4) is 0 Å². The van der Waals surface area contributed by atoms with Crippen molar-refractivity contribution in [3.05, 3.63) is 28.8 Å². The minimum Gasteiger partial charge on any atom is -0.496 e. The molecule has 0 fully saturated rings. The van der Waals surface area contributed by atoms with E-state index < -0.39 is 0 Å². The quantitative estimate of drug-likeness (QED) is 0.815. The Bertz CT molecular complexity index is 438. The van der Waals surface area contributed by atoms with Crippen molar-refractivity contribution in [1.29, 1.82) is 0 Å². The number of benzene rings is 1. The lowest BCUT2D eigenvalue weighted by Gasteiger charge is -2.20. The smallest absolute Gasteiger partial charge is 0.180 e. The lowest BCUT2D eigenvalue weighted by Crippen LogP contribution is -2.39. The number of hydrogen-bond donors (Lipinski definition) is 1. The van der Waals surface area contributed by atoms with Crippen LogP contribution in [0, 0.1) is 19.8 Å². The molecule has 0 bridgehead atoms. The van der Waals surface area contributed by atoms with E-state index in [1.807, 2.05) is 46.9 Å². The van der Waals surface area contributed by atoms with Gasteiger partial charge in [0.25, 0.3) is 0 Å². The number of carbonyl (C=O) groups excluding carboxylic acids is 1. The van der Waals surface area contributed by atoms with Crippen LogP contribution in [0.2, 0.25) is 0 Å². The molecule has 1 unspecified atom stereocenters. The van der Waals surface area contributed by atoms with Crippen LogP contribution in [0.4, 0.5) is 0 Å². The molecule has 0 aliphatic rings. The summed E-state index contributed by atoms with van der Waals surface area (Å²) in [6, 6.07) is 3.70. The van der Waals surface area contributed by atoms with Gasteiger partial charge < -0.3 is 10.1 Å². The normalized spacial score (nSPS) is 12.6. The summed E-state index contributed by atoms with van der Waals surface area (Å²) in [6.07, 6.45) is 0. The summed E-state index contributed by atoms with van der Waals surface area (Å²) < 4.78 is 5.27. The molecule has 0 aliphatic carbocycles. The lowest BCUT2D eigenvalue weighted by atomic mass is 9.91. The Morgan fingerprint density at radius 3 is 2.28 bits per heavy atom. The van der Waals surface area contributed by atoms with Gasteiger partial charge in [0.1, 0.15) is 5.75 Å². The van der Waals surface area contributed by atoms with Crippen LogP contribution in [0.5, 0.6) is 5.75 Å². The second-order valence-corrected chi connectivity index (χ2v) is 5.01. The molecule has 0 spiro atoms. The topological polar surface area (TPSA) is 38.3 Å². The standard InChI is InChI=1S/C15H23NO2/c1-9(2)14(16-5)15(17)12-7-11(4)13(18-6)8-10(12)3/h7-9,14,16H,1-6H3. The van der Waals surface area contributed by atoms with Gasteiger partial charge in [-0.1, -0.05) is 13.8 Å². The second kappa shape index (κ2) is 6.01. The van der Waals surface area contributed by atoms with Gasteiger partial charge in [-0.2, -0.15) is 0 Å². The number of nitrogens with one attached hydrogen (secondary N) is 1. The van der Waals surface area contributed by atoms with Gasteiger partial charge in [0.05, 0.1) is 13.2 Å². The van der Waals surface area contributed by atoms with E-state index >= 15 is 0 Å². The summed E-state index contributed by atoms with van der Waals surface area (Å²) in [5, 5.41) is 3.09. The highest BCUT2D eigenvalue weighted by Crippen LogP contribution is 2.24. The summed E-state index contributed by atoms with van der Waals surface area (Å²) in [5.74, 6) is 1.25. The molecular weight excluding hydrogens is 226 g/mol. The van der Waals surface area contributed by atoms with Gasteiger partial charge in [0.2, 0.25) is 0 Å². The first-order valence-corrected chi connectivity index (χ1v) is 6.29. The highest BCUT2D eigenvalue weighted by molar-refractivity contribution is 6.01. The van der Waals surface area contributed by atoms with Crippen molar-refractivity contribution in [3.8, 4) is 5.75 Å². The predicted octanol–water partition coefficient (Wildman–Crippen LogP) is 2.74. The van der Waals surface area contributed by atoms with Gasteiger partial charge in [0.15, 0.2) is 5.78 Å². The van der Waals surface area contributed by atoms with Crippen LogP contribution in [-0.4, -0.2) is 26.0 Å². The monoisotopic (exact) mass is 249 g/mol. The van der Waals surface area contributed by atoms with Crippen LogP contribution in [-0.2, 0) is 0 Å². The fraction of sp³-hybridized carbons (Fsp3) is 0.533. The zero-order valence-corrected chi connectivity index (χ0v) is 12.1. The first-order chi connectivity index (χ1) is 8.42. The maximum atomic E-state index is 12.5. The number of aryl methyl sites for hydroxylation is 2. The van der Waals surface area contributed by atoms with Crippen molar-refractivity contribution in [2.24, 2.45) is 5.92 Å². The van der Waals surface area contributed by atoms with E-state index in [9.17, 15) is 4.79 Å². The van der Waals surface area contributed by atoms with Gasteiger partial charge in [0, 0.05) is 5.56 Å². The van der Waals surface area contributed by atoms with Crippen molar-refractivity contribution in [3.63, 3.8) is 0 Å². The molecule has 0 amide bonds. The number of hydrogen-bond acceptors (Lipinski definition) is 3. The third kappa shape index (κ3) is 2.91. The number of likely N-dealkylation sites (N-methyl/N-ethyl adjacent to an activating group) is 1. The molecule has 0 saturated heterocycles. The minimum atomic E-state index is -0.142. The fourth-order valence-corrected chi connectivity index (χ4v) is 2.21. The zero-order chi connectivity index (χ0) is 13.9. The highest BCUT2D eigenvalue weighted by Gasteiger charge is 2.23. The third-order valence-corrected chi connectivity index (χ3v) is 3.27. The number of Topliss-reactive ketones (excluding diaryl/α,β-unsaturated/α-hetero) is 1. The zero-order valence-electron chi connectivity index (χ0n) is 12.1. The molecule has 1 atom stereocenters. The van der Waals surface area contributed by atoms with E-state index in [0.29, 0.717) is 0 Å². The molecule has 18 heavy (non-hydrogen) atoms. The average Bonchev–Trinajstić information content (AvgIpc) is 2.31. The average molecular weight is 249 g/mol.